The molecule has 1 N–H and O–H groups in total. The van der Waals surface area contributed by atoms with Gasteiger partial charge in [-0.1, -0.05) is 36.3 Å². The smallest absolute Gasteiger partial charge is 0.0645 e. The van der Waals surface area contributed by atoms with E-state index in [1.165, 1.54) is 12.1 Å². The van der Waals surface area contributed by atoms with Crippen LogP contribution in [0.2, 0.25) is 0 Å². The molecular formula is C12H9N. The maximum Gasteiger partial charge on any atom is 0.0645 e. The standard InChI is InChI=1S/C12H9N/c1-3-7-11-9(5-1)10-6-2-4-8-12(10)13-11/h1-8,13H/i1D,4D,5D,6D,8D. The highest BCUT2D eigenvalue weighted by Gasteiger charge is 2.00. The average Bonchev–Trinajstić information content (AvgIpc) is 2.72. The number of hydrogen-bond donors (Lipinski definition) is 1. The van der Waals surface area contributed by atoms with Gasteiger partial charge in [-0.3, -0.25) is 0 Å². The lowest BCUT2D eigenvalue weighted by Crippen LogP contribution is -1.62. The maximum atomic E-state index is 7.91. The fraction of sp³-hybridized carbons (Fsp3) is 0. The van der Waals surface area contributed by atoms with E-state index < -0.39 is 0 Å². The summed E-state index contributed by atoms with van der Waals surface area (Å²) in [5.74, 6) is 0. The SMILES string of the molecule is [2H]c1cc([2H])c2c([nH]c3ccc([2H])c([2H])c32)c1[2H]. The summed E-state index contributed by atoms with van der Waals surface area (Å²) >= 11 is 0. The van der Waals surface area contributed by atoms with Gasteiger partial charge in [0.2, 0.25) is 0 Å². The Hall–Kier alpha value is -1.76. The van der Waals surface area contributed by atoms with Crippen molar-refractivity contribution in [3.05, 3.63) is 48.4 Å². The van der Waals surface area contributed by atoms with E-state index in [9.17, 15) is 0 Å². The van der Waals surface area contributed by atoms with Gasteiger partial charge in [-0.2, -0.15) is 0 Å². The third-order valence-corrected chi connectivity index (χ3v) is 2.05. The quantitative estimate of drug-likeness (QED) is 0.535. The summed E-state index contributed by atoms with van der Waals surface area (Å²) in [6, 6.07) is 4.71. The molecule has 0 aliphatic carbocycles. The van der Waals surface area contributed by atoms with Crippen LogP contribution < -0.4 is 0 Å². The Kier molecular flexibility index (Phi) is 0.644. The van der Waals surface area contributed by atoms with Gasteiger partial charge in [0, 0.05) is 21.8 Å². The van der Waals surface area contributed by atoms with Gasteiger partial charge < -0.3 is 4.98 Å². The molecule has 1 nitrogen and oxygen atoms in total. The van der Waals surface area contributed by atoms with Crippen molar-refractivity contribution in [2.24, 2.45) is 0 Å². The van der Waals surface area contributed by atoms with E-state index in [2.05, 4.69) is 4.98 Å². The Bertz CT molecular complexity index is 790. The summed E-state index contributed by atoms with van der Waals surface area (Å²) in [6.07, 6.45) is 0. The number of para-hydroxylation sites is 2. The molecule has 0 bridgehead atoms. The van der Waals surface area contributed by atoms with Gasteiger partial charge in [-0.25, -0.2) is 0 Å². The lowest BCUT2D eigenvalue weighted by molar-refractivity contribution is 1.55. The largest absolute Gasteiger partial charge is 0.355 e. The third kappa shape index (κ3) is 0.872. The molecule has 62 valence electrons. The molecule has 3 aromatic rings. The summed E-state index contributed by atoms with van der Waals surface area (Å²) in [5.41, 5.74) is 1.01. The Morgan fingerprint density at radius 2 is 1.77 bits per heavy atom. The predicted octanol–water partition coefficient (Wildman–Crippen LogP) is 3.32. The van der Waals surface area contributed by atoms with Crippen molar-refractivity contribution in [3.63, 3.8) is 0 Å². The summed E-state index contributed by atoms with van der Waals surface area (Å²) in [7, 11) is 0. The van der Waals surface area contributed by atoms with Crippen LogP contribution in [-0.4, -0.2) is 4.98 Å². The molecule has 1 heteroatoms. The summed E-state index contributed by atoms with van der Waals surface area (Å²) in [5, 5.41) is 0.932. The number of H-pyrrole nitrogens is 1. The first-order valence-corrected chi connectivity index (χ1v) is 3.99. The lowest BCUT2D eigenvalue weighted by atomic mass is 10.2. The van der Waals surface area contributed by atoms with Crippen molar-refractivity contribution < 1.29 is 6.85 Å². The van der Waals surface area contributed by atoms with E-state index in [1.54, 1.807) is 6.07 Å². The average molecular weight is 172 g/mol. The fourth-order valence-corrected chi connectivity index (χ4v) is 1.47. The zero-order chi connectivity index (χ0) is 13.0. The number of hydrogen-bond acceptors (Lipinski definition) is 0. The van der Waals surface area contributed by atoms with Crippen LogP contribution in [0.15, 0.2) is 48.4 Å². The molecule has 13 heavy (non-hydrogen) atoms. The van der Waals surface area contributed by atoms with Gasteiger partial charge in [-0.05, 0) is 12.1 Å². The number of rotatable bonds is 0. The van der Waals surface area contributed by atoms with Gasteiger partial charge in [0.15, 0.2) is 0 Å². The minimum absolute atomic E-state index is 0.0168. The van der Waals surface area contributed by atoms with Crippen molar-refractivity contribution in [1.82, 2.24) is 4.98 Å². The molecule has 1 aromatic heterocycles. The first kappa shape index (κ1) is 3.54. The van der Waals surface area contributed by atoms with Crippen LogP contribution in [0.25, 0.3) is 21.8 Å². The summed E-state index contributed by atoms with van der Waals surface area (Å²) < 4.78 is 38.9. The first-order valence-electron chi connectivity index (χ1n) is 6.49. The molecule has 0 aliphatic heterocycles. The Morgan fingerprint density at radius 3 is 2.77 bits per heavy atom. The van der Waals surface area contributed by atoms with Gasteiger partial charge >= 0.3 is 0 Å². The van der Waals surface area contributed by atoms with Crippen LogP contribution in [-0.2, 0) is 0 Å². The van der Waals surface area contributed by atoms with Crippen LogP contribution in [0.3, 0.4) is 0 Å². The molecule has 1 heterocycles. The number of aromatic nitrogens is 1. The predicted molar refractivity (Wildman–Crippen MR) is 55.8 cm³/mol. The lowest BCUT2D eigenvalue weighted by Gasteiger charge is -1.87. The first-order chi connectivity index (χ1) is 8.50. The number of aromatic amines is 1. The molecule has 2 aromatic carbocycles. The van der Waals surface area contributed by atoms with Crippen LogP contribution in [0.4, 0.5) is 0 Å². The van der Waals surface area contributed by atoms with Crippen molar-refractivity contribution in [2.45, 2.75) is 0 Å². The molecule has 3 rings (SSSR count). The van der Waals surface area contributed by atoms with E-state index in [1.807, 2.05) is 0 Å². The number of nitrogens with one attached hydrogen (secondary N) is 1. The molecule has 0 amide bonds. The number of benzene rings is 2. The molecule has 0 unspecified atom stereocenters. The van der Waals surface area contributed by atoms with Crippen LogP contribution >= 0.6 is 0 Å². The molecule has 0 atom stereocenters. The Morgan fingerprint density at radius 1 is 0.923 bits per heavy atom. The number of fused-ring (bicyclic) bond motifs is 3. The topological polar surface area (TPSA) is 15.8 Å². The summed E-state index contributed by atoms with van der Waals surface area (Å²) in [6.45, 7) is 0. The van der Waals surface area contributed by atoms with Gasteiger partial charge in [0.1, 0.15) is 0 Å². The van der Waals surface area contributed by atoms with E-state index in [-0.39, 0.29) is 30.2 Å². The van der Waals surface area contributed by atoms with Crippen LogP contribution in [0.1, 0.15) is 6.85 Å². The van der Waals surface area contributed by atoms with Crippen LogP contribution in [0, 0.1) is 0 Å². The Balaban J connectivity index is 2.66. The van der Waals surface area contributed by atoms with Crippen molar-refractivity contribution in [3.8, 4) is 0 Å². The third-order valence-electron chi connectivity index (χ3n) is 2.05. The zero-order valence-electron chi connectivity index (χ0n) is 11.7. The fourth-order valence-electron chi connectivity index (χ4n) is 1.47. The van der Waals surface area contributed by atoms with Crippen molar-refractivity contribution >= 4 is 21.8 Å². The molecule has 0 fully saturated rings. The highest BCUT2D eigenvalue weighted by Crippen LogP contribution is 2.24. The second-order valence-electron chi connectivity index (χ2n) is 2.82. The summed E-state index contributed by atoms with van der Waals surface area (Å²) in [4.78, 5) is 2.97. The van der Waals surface area contributed by atoms with Gasteiger partial charge in [0.25, 0.3) is 0 Å². The van der Waals surface area contributed by atoms with Gasteiger partial charge in [0.05, 0.1) is 6.85 Å². The molecule has 0 radical (unpaired) electrons. The molecule has 0 saturated heterocycles. The highest BCUT2D eigenvalue weighted by molar-refractivity contribution is 6.06. The van der Waals surface area contributed by atoms with E-state index in [4.69, 9.17) is 6.85 Å². The van der Waals surface area contributed by atoms with Crippen LogP contribution in [0.5, 0.6) is 0 Å². The Labute approximate surface area is 83.0 Å². The second kappa shape index (κ2) is 2.36. The highest BCUT2D eigenvalue weighted by atomic mass is 14.7. The molecule has 0 spiro atoms. The molecule has 0 saturated carbocycles. The monoisotopic (exact) mass is 172 g/mol. The van der Waals surface area contributed by atoms with Crippen molar-refractivity contribution in [2.75, 3.05) is 0 Å². The zero-order valence-corrected chi connectivity index (χ0v) is 6.73. The molecular weight excluding hydrogens is 158 g/mol. The molecule has 0 aliphatic rings. The maximum absolute atomic E-state index is 7.91. The van der Waals surface area contributed by atoms with E-state index >= 15 is 0 Å². The van der Waals surface area contributed by atoms with E-state index in [0.717, 1.165) is 0 Å². The van der Waals surface area contributed by atoms with E-state index in [0.29, 0.717) is 21.8 Å². The van der Waals surface area contributed by atoms with Crippen molar-refractivity contribution in [1.29, 1.82) is 0 Å². The second-order valence-corrected chi connectivity index (χ2v) is 2.82. The minimum Gasteiger partial charge on any atom is -0.355 e. The normalized spacial score (nSPS) is 16.5. The minimum atomic E-state index is -0.0170. The van der Waals surface area contributed by atoms with Gasteiger partial charge in [-0.15, -0.1) is 0 Å².